The molecule has 0 aliphatic heterocycles. The molecule has 14 heavy (non-hydrogen) atoms. The predicted molar refractivity (Wildman–Crippen MR) is 53.8 cm³/mol. The Morgan fingerprint density at radius 2 is 2.00 bits per heavy atom. The fourth-order valence-electron chi connectivity index (χ4n) is 1.41. The van der Waals surface area contributed by atoms with E-state index in [4.69, 9.17) is 10.8 Å². The monoisotopic (exact) mass is 205 g/mol. The highest BCUT2D eigenvalue weighted by Gasteiger charge is 2.11. The number of alkyl halides is 1. The Morgan fingerprint density at radius 1 is 1.43 bits per heavy atom. The highest BCUT2D eigenvalue weighted by Crippen LogP contribution is 2.14. The number of nitrogens with two attached hydrogens (primary N) is 1. The molecule has 0 bridgehead atoms. The Bertz CT molecular complexity index is 162. The van der Waals surface area contributed by atoms with E-state index in [1.54, 1.807) is 0 Å². The van der Waals surface area contributed by atoms with Crippen molar-refractivity contribution >= 4 is 5.97 Å². The van der Waals surface area contributed by atoms with Crippen LogP contribution in [-0.2, 0) is 4.79 Å². The minimum absolute atomic E-state index is 0.0439. The smallest absolute Gasteiger partial charge is 0.303 e. The van der Waals surface area contributed by atoms with Crippen molar-refractivity contribution in [1.82, 2.24) is 0 Å². The van der Waals surface area contributed by atoms with E-state index in [-0.39, 0.29) is 12.3 Å². The molecule has 0 aliphatic carbocycles. The normalized spacial score (nSPS) is 15.1. The SMILES string of the molecule is CC(F)CCCC[C@H](CN)CC(=O)O. The van der Waals surface area contributed by atoms with Gasteiger partial charge in [-0.25, -0.2) is 4.39 Å². The molecule has 1 unspecified atom stereocenters. The van der Waals surface area contributed by atoms with Crippen LogP contribution in [-0.4, -0.2) is 23.8 Å². The number of hydrogen-bond acceptors (Lipinski definition) is 2. The fourth-order valence-corrected chi connectivity index (χ4v) is 1.41. The molecular formula is C10H20FNO2. The van der Waals surface area contributed by atoms with Crippen molar-refractivity contribution in [3.8, 4) is 0 Å². The van der Waals surface area contributed by atoms with Crippen molar-refractivity contribution in [2.75, 3.05) is 6.54 Å². The number of carboxylic acid groups (broad SMARTS) is 1. The Labute approximate surface area is 84.5 Å². The molecule has 4 heteroatoms. The summed E-state index contributed by atoms with van der Waals surface area (Å²) in [4.78, 5) is 10.4. The van der Waals surface area contributed by atoms with E-state index < -0.39 is 12.1 Å². The van der Waals surface area contributed by atoms with Gasteiger partial charge in [0.25, 0.3) is 0 Å². The van der Waals surface area contributed by atoms with Gasteiger partial charge in [0.2, 0.25) is 0 Å². The summed E-state index contributed by atoms with van der Waals surface area (Å²) >= 11 is 0. The standard InChI is InChI=1S/C10H20FNO2/c1-8(11)4-2-3-5-9(7-12)6-10(13)14/h8-9H,2-7,12H2,1H3,(H,13,14)/t8?,9-/m0/s1. The lowest BCUT2D eigenvalue weighted by Gasteiger charge is -2.11. The largest absolute Gasteiger partial charge is 0.481 e. The van der Waals surface area contributed by atoms with E-state index in [1.807, 2.05) is 0 Å². The summed E-state index contributed by atoms with van der Waals surface area (Å²) in [5, 5.41) is 8.54. The lowest BCUT2D eigenvalue weighted by atomic mass is 9.97. The molecule has 0 radical (unpaired) electrons. The number of hydrogen-bond donors (Lipinski definition) is 2. The molecule has 2 atom stereocenters. The van der Waals surface area contributed by atoms with Crippen LogP contribution in [0.25, 0.3) is 0 Å². The molecule has 0 aromatic heterocycles. The number of halogens is 1. The third-order valence-corrected chi connectivity index (χ3v) is 2.26. The quantitative estimate of drug-likeness (QED) is 0.595. The lowest BCUT2D eigenvalue weighted by molar-refractivity contribution is -0.138. The van der Waals surface area contributed by atoms with Crippen molar-refractivity contribution in [1.29, 1.82) is 0 Å². The first kappa shape index (κ1) is 13.4. The van der Waals surface area contributed by atoms with E-state index in [9.17, 15) is 9.18 Å². The van der Waals surface area contributed by atoms with Gasteiger partial charge in [-0.1, -0.05) is 12.8 Å². The predicted octanol–water partition coefficient (Wildman–Crippen LogP) is 1.95. The molecule has 3 N–H and O–H groups in total. The van der Waals surface area contributed by atoms with Gasteiger partial charge in [-0.15, -0.1) is 0 Å². The summed E-state index contributed by atoms with van der Waals surface area (Å²) in [7, 11) is 0. The Kier molecular flexibility index (Phi) is 7.38. The van der Waals surface area contributed by atoms with Crippen molar-refractivity contribution in [3.05, 3.63) is 0 Å². The average molecular weight is 205 g/mol. The van der Waals surface area contributed by atoms with Gasteiger partial charge in [0.15, 0.2) is 0 Å². The zero-order valence-corrected chi connectivity index (χ0v) is 8.71. The number of carbonyl (C=O) groups is 1. The summed E-state index contributed by atoms with van der Waals surface area (Å²) in [5.74, 6) is -0.762. The number of carboxylic acids is 1. The van der Waals surface area contributed by atoms with Crippen LogP contribution >= 0.6 is 0 Å². The van der Waals surface area contributed by atoms with E-state index >= 15 is 0 Å². The zero-order valence-electron chi connectivity index (χ0n) is 8.71. The Morgan fingerprint density at radius 3 is 2.43 bits per heavy atom. The maximum atomic E-state index is 12.4. The second-order valence-electron chi connectivity index (χ2n) is 3.76. The van der Waals surface area contributed by atoms with E-state index in [1.165, 1.54) is 6.92 Å². The van der Waals surface area contributed by atoms with Crippen LogP contribution in [0.3, 0.4) is 0 Å². The first-order chi connectivity index (χ1) is 6.56. The molecule has 0 amide bonds. The van der Waals surface area contributed by atoms with E-state index in [0.717, 1.165) is 19.3 Å². The van der Waals surface area contributed by atoms with Gasteiger partial charge in [0.05, 0.1) is 6.17 Å². The van der Waals surface area contributed by atoms with Crippen molar-refractivity contribution < 1.29 is 14.3 Å². The van der Waals surface area contributed by atoms with Crippen LogP contribution in [0.4, 0.5) is 4.39 Å². The Hall–Kier alpha value is -0.640. The van der Waals surface area contributed by atoms with E-state index in [0.29, 0.717) is 13.0 Å². The lowest BCUT2D eigenvalue weighted by Crippen LogP contribution is -2.18. The minimum Gasteiger partial charge on any atom is -0.481 e. The number of rotatable bonds is 8. The molecule has 0 rings (SSSR count). The summed E-state index contributed by atoms with van der Waals surface area (Å²) in [6.07, 6.45) is 2.39. The van der Waals surface area contributed by atoms with Crippen LogP contribution in [0.1, 0.15) is 39.0 Å². The maximum absolute atomic E-state index is 12.4. The van der Waals surface area contributed by atoms with Crippen molar-refractivity contribution in [2.24, 2.45) is 11.7 Å². The van der Waals surface area contributed by atoms with Crippen LogP contribution < -0.4 is 5.73 Å². The summed E-state index contributed by atoms with van der Waals surface area (Å²) in [6, 6.07) is 0. The highest BCUT2D eigenvalue weighted by atomic mass is 19.1. The third kappa shape index (κ3) is 7.98. The molecular weight excluding hydrogens is 185 g/mol. The van der Waals surface area contributed by atoms with Crippen LogP contribution in [0.2, 0.25) is 0 Å². The van der Waals surface area contributed by atoms with Gasteiger partial charge >= 0.3 is 5.97 Å². The van der Waals surface area contributed by atoms with Crippen molar-refractivity contribution in [2.45, 2.75) is 45.2 Å². The first-order valence-corrected chi connectivity index (χ1v) is 5.12. The molecule has 0 saturated carbocycles. The molecule has 0 aliphatic rings. The van der Waals surface area contributed by atoms with Gasteiger partial charge in [-0.3, -0.25) is 4.79 Å². The van der Waals surface area contributed by atoms with Crippen LogP contribution in [0.15, 0.2) is 0 Å². The van der Waals surface area contributed by atoms with Gasteiger partial charge in [0, 0.05) is 6.42 Å². The third-order valence-electron chi connectivity index (χ3n) is 2.26. The summed E-state index contributed by atoms with van der Waals surface area (Å²) < 4.78 is 12.4. The second kappa shape index (κ2) is 7.74. The minimum atomic E-state index is -0.806. The number of unbranched alkanes of at least 4 members (excludes halogenated alkanes) is 1. The van der Waals surface area contributed by atoms with Crippen LogP contribution in [0.5, 0.6) is 0 Å². The number of aliphatic carboxylic acids is 1. The first-order valence-electron chi connectivity index (χ1n) is 5.12. The molecule has 0 fully saturated rings. The zero-order chi connectivity index (χ0) is 11.0. The molecule has 0 heterocycles. The average Bonchev–Trinajstić information content (AvgIpc) is 2.09. The van der Waals surface area contributed by atoms with E-state index in [2.05, 4.69) is 0 Å². The topological polar surface area (TPSA) is 63.3 Å². The molecule has 0 spiro atoms. The van der Waals surface area contributed by atoms with Gasteiger partial charge in [-0.2, -0.15) is 0 Å². The molecule has 3 nitrogen and oxygen atoms in total. The van der Waals surface area contributed by atoms with Gasteiger partial charge in [0.1, 0.15) is 0 Å². The highest BCUT2D eigenvalue weighted by molar-refractivity contribution is 5.67. The molecule has 0 aromatic carbocycles. The molecule has 0 aromatic rings. The summed E-state index contributed by atoms with van der Waals surface area (Å²) in [6.45, 7) is 1.94. The summed E-state index contributed by atoms with van der Waals surface area (Å²) in [5.41, 5.74) is 5.43. The fraction of sp³-hybridized carbons (Fsp3) is 0.900. The Balaban J connectivity index is 3.47. The second-order valence-corrected chi connectivity index (χ2v) is 3.76. The van der Waals surface area contributed by atoms with Crippen molar-refractivity contribution in [3.63, 3.8) is 0 Å². The van der Waals surface area contributed by atoms with Gasteiger partial charge < -0.3 is 10.8 Å². The van der Waals surface area contributed by atoms with Gasteiger partial charge in [-0.05, 0) is 32.2 Å². The molecule has 84 valence electrons. The molecule has 0 saturated heterocycles. The van der Waals surface area contributed by atoms with Crippen LogP contribution in [0, 0.1) is 5.92 Å². The maximum Gasteiger partial charge on any atom is 0.303 e.